The molecule has 12 heteroatoms. The summed E-state index contributed by atoms with van der Waals surface area (Å²) in [5.41, 5.74) is 0.725. The van der Waals surface area contributed by atoms with Gasteiger partial charge in [0, 0.05) is 18.7 Å². The fraction of sp³-hybridized carbons (Fsp3) is 0.348. The van der Waals surface area contributed by atoms with Crippen LogP contribution in [0.4, 0.5) is 0 Å². The van der Waals surface area contributed by atoms with Crippen LogP contribution in [0.3, 0.4) is 0 Å². The van der Waals surface area contributed by atoms with Crippen LogP contribution in [0.5, 0.6) is 17.2 Å². The number of nitrogens with zero attached hydrogens (tertiary/aromatic N) is 3. The average Bonchev–Trinajstić information content (AvgIpc) is 3.31. The molecule has 0 saturated heterocycles. The summed E-state index contributed by atoms with van der Waals surface area (Å²) in [6.45, 7) is 3.43. The lowest BCUT2D eigenvalue weighted by molar-refractivity contribution is 0.0940. The number of benzene rings is 2. The number of rotatable bonds is 10. The Balaban J connectivity index is 1.84. The van der Waals surface area contributed by atoms with Crippen LogP contribution in [0.25, 0.3) is 11.4 Å². The molecule has 3 aromatic rings. The van der Waals surface area contributed by atoms with Gasteiger partial charge >= 0.3 is 0 Å². The third-order valence-corrected chi connectivity index (χ3v) is 6.81. The van der Waals surface area contributed by atoms with Crippen LogP contribution in [-0.4, -0.2) is 63.2 Å². The van der Waals surface area contributed by atoms with E-state index in [1.807, 2.05) is 0 Å². The highest BCUT2D eigenvalue weighted by Gasteiger charge is 2.26. The Morgan fingerprint density at radius 2 is 1.69 bits per heavy atom. The molecule has 1 amide bonds. The van der Waals surface area contributed by atoms with Gasteiger partial charge in [-0.05, 0) is 50.2 Å². The highest BCUT2D eigenvalue weighted by Crippen LogP contribution is 2.31. The zero-order valence-corrected chi connectivity index (χ0v) is 21.2. The molecule has 2 aromatic carbocycles. The maximum Gasteiger partial charge on any atom is 0.255 e. The normalized spacial score (nSPS) is 11.5. The van der Waals surface area contributed by atoms with Gasteiger partial charge in [0.2, 0.25) is 21.7 Å². The average molecular weight is 505 g/mol. The largest absolute Gasteiger partial charge is 0.496 e. The molecule has 0 saturated carbocycles. The number of amides is 1. The Kier molecular flexibility index (Phi) is 7.97. The second-order valence-corrected chi connectivity index (χ2v) is 9.88. The van der Waals surface area contributed by atoms with Crippen LogP contribution in [0, 0.1) is 0 Å². The van der Waals surface area contributed by atoms with Gasteiger partial charge in [-0.1, -0.05) is 5.16 Å². The van der Waals surface area contributed by atoms with Crippen LogP contribution in [-0.2, 0) is 16.6 Å². The van der Waals surface area contributed by atoms with Gasteiger partial charge in [0.1, 0.15) is 5.75 Å². The zero-order chi connectivity index (χ0) is 25.8. The highest BCUT2D eigenvalue weighted by atomic mass is 32.2. The third kappa shape index (κ3) is 5.72. The number of ether oxygens (including phenoxy) is 3. The predicted octanol–water partition coefficient (Wildman–Crippen LogP) is 2.72. The molecule has 0 aliphatic heterocycles. The van der Waals surface area contributed by atoms with Crippen molar-refractivity contribution in [2.75, 3.05) is 28.4 Å². The summed E-state index contributed by atoms with van der Waals surface area (Å²) < 4.78 is 48.5. The SMILES string of the molecule is COc1ccc(-c2noc(CN(C)S(=O)(=O)c3ccc(OC)c(C(=O)NC(C)C)c3)n2)cc1OC. The molecule has 0 atom stereocenters. The highest BCUT2D eigenvalue weighted by molar-refractivity contribution is 7.89. The Hall–Kier alpha value is -3.64. The van der Waals surface area contributed by atoms with Crippen molar-refractivity contribution in [1.29, 1.82) is 0 Å². The van der Waals surface area contributed by atoms with Crippen molar-refractivity contribution >= 4 is 15.9 Å². The lowest BCUT2D eigenvalue weighted by Crippen LogP contribution is -2.31. The summed E-state index contributed by atoms with van der Waals surface area (Å²) in [5.74, 6) is 1.23. The molecule has 1 heterocycles. The van der Waals surface area contributed by atoms with E-state index in [0.29, 0.717) is 17.1 Å². The summed E-state index contributed by atoms with van der Waals surface area (Å²) in [5, 5.41) is 6.68. The van der Waals surface area contributed by atoms with Crippen LogP contribution in [0.1, 0.15) is 30.1 Å². The van der Waals surface area contributed by atoms with Gasteiger partial charge in [-0.2, -0.15) is 9.29 Å². The van der Waals surface area contributed by atoms with Crippen LogP contribution in [0.2, 0.25) is 0 Å². The Morgan fingerprint density at radius 3 is 2.31 bits per heavy atom. The smallest absolute Gasteiger partial charge is 0.255 e. The molecule has 3 rings (SSSR count). The van der Waals surface area contributed by atoms with E-state index >= 15 is 0 Å². The molecule has 0 aliphatic rings. The Labute approximate surface area is 204 Å². The maximum absolute atomic E-state index is 13.2. The van der Waals surface area contributed by atoms with Gasteiger partial charge in [-0.25, -0.2) is 8.42 Å². The van der Waals surface area contributed by atoms with Gasteiger partial charge in [0.25, 0.3) is 5.91 Å². The first-order valence-corrected chi connectivity index (χ1v) is 12.0. The third-order valence-electron chi connectivity index (χ3n) is 5.01. The van der Waals surface area contributed by atoms with E-state index in [2.05, 4.69) is 15.5 Å². The minimum atomic E-state index is -3.99. The molecule has 0 bridgehead atoms. The van der Waals surface area contributed by atoms with E-state index in [4.69, 9.17) is 18.7 Å². The number of sulfonamides is 1. The fourth-order valence-corrected chi connectivity index (χ4v) is 4.38. The summed E-state index contributed by atoms with van der Waals surface area (Å²) in [7, 11) is 1.85. The second kappa shape index (κ2) is 10.7. The number of hydrogen-bond acceptors (Lipinski definition) is 9. The first-order valence-electron chi connectivity index (χ1n) is 10.6. The molecule has 0 radical (unpaired) electrons. The number of carbonyl (C=O) groups excluding carboxylic acids is 1. The Bertz CT molecular complexity index is 1300. The van der Waals surface area contributed by atoms with Crippen molar-refractivity contribution in [3.05, 3.63) is 47.9 Å². The molecule has 0 unspecified atom stereocenters. The maximum atomic E-state index is 13.2. The standard InChI is InChI=1S/C23H28N4O7S/c1-14(2)24-23(28)17-12-16(8-10-18(17)31-4)35(29,30)27(3)13-21-25-22(26-34-21)15-7-9-19(32-5)20(11-15)33-6/h7-12,14H,13H2,1-6H3,(H,24,28). The van der Waals surface area contributed by atoms with Crippen molar-refractivity contribution in [2.24, 2.45) is 0 Å². The van der Waals surface area contributed by atoms with Gasteiger partial charge in [0.05, 0.1) is 38.3 Å². The number of methoxy groups -OCH3 is 3. The first-order chi connectivity index (χ1) is 16.6. The van der Waals surface area contributed by atoms with Crippen molar-refractivity contribution in [1.82, 2.24) is 19.8 Å². The number of hydrogen-bond donors (Lipinski definition) is 1. The molecule has 0 spiro atoms. The Morgan fingerprint density at radius 1 is 1.03 bits per heavy atom. The van der Waals surface area contributed by atoms with Crippen LogP contribution < -0.4 is 19.5 Å². The molecular weight excluding hydrogens is 476 g/mol. The van der Waals surface area contributed by atoms with E-state index in [1.165, 1.54) is 46.6 Å². The molecule has 188 valence electrons. The quantitative estimate of drug-likeness (QED) is 0.442. The number of nitrogens with one attached hydrogen (secondary N) is 1. The summed E-state index contributed by atoms with van der Waals surface area (Å²) in [6.07, 6.45) is 0. The topological polar surface area (TPSA) is 133 Å². The molecule has 1 N–H and O–H groups in total. The monoisotopic (exact) mass is 504 g/mol. The van der Waals surface area contributed by atoms with Crippen LogP contribution >= 0.6 is 0 Å². The summed E-state index contributed by atoms with van der Waals surface area (Å²) in [6, 6.07) is 9.10. The fourth-order valence-electron chi connectivity index (χ4n) is 3.23. The second-order valence-electron chi connectivity index (χ2n) is 7.83. The molecule has 0 aliphatic carbocycles. The van der Waals surface area contributed by atoms with Gasteiger partial charge in [-0.3, -0.25) is 4.79 Å². The van der Waals surface area contributed by atoms with Crippen LogP contribution in [0.15, 0.2) is 45.8 Å². The molecule has 1 aromatic heterocycles. The van der Waals surface area contributed by atoms with Crippen molar-refractivity contribution in [2.45, 2.75) is 31.3 Å². The van der Waals surface area contributed by atoms with E-state index in [1.54, 1.807) is 32.0 Å². The minimum absolute atomic E-state index is 0.0747. The molecule has 11 nitrogen and oxygen atoms in total. The minimum Gasteiger partial charge on any atom is -0.496 e. The number of carbonyl (C=O) groups is 1. The lowest BCUT2D eigenvalue weighted by Gasteiger charge is -2.17. The van der Waals surface area contributed by atoms with Gasteiger partial charge in [-0.15, -0.1) is 0 Å². The zero-order valence-electron chi connectivity index (χ0n) is 20.4. The van der Waals surface area contributed by atoms with E-state index < -0.39 is 15.9 Å². The molecule has 35 heavy (non-hydrogen) atoms. The van der Waals surface area contributed by atoms with Gasteiger partial charge < -0.3 is 24.1 Å². The summed E-state index contributed by atoms with van der Waals surface area (Å²) >= 11 is 0. The van der Waals surface area contributed by atoms with E-state index in [9.17, 15) is 13.2 Å². The molecular formula is C23H28N4O7S. The van der Waals surface area contributed by atoms with Gasteiger partial charge in [0.15, 0.2) is 11.5 Å². The van der Waals surface area contributed by atoms with Crippen molar-refractivity contribution < 1.29 is 31.9 Å². The molecule has 0 fully saturated rings. The number of aromatic nitrogens is 2. The van der Waals surface area contributed by atoms with E-state index in [-0.39, 0.29) is 40.5 Å². The summed E-state index contributed by atoms with van der Waals surface area (Å²) in [4.78, 5) is 16.8. The van der Waals surface area contributed by atoms with Crippen molar-refractivity contribution in [3.63, 3.8) is 0 Å². The lowest BCUT2D eigenvalue weighted by atomic mass is 10.2. The van der Waals surface area contributed by atoms with Crippen molar-refractivity contribution in [3.8, 4) is 28.6 Å². The van der Waals surface area contributed by atoms with E-state index in [0.717, 1.165) is 4.31 Å². The predicted molar refractivity (Wildman–Crippen MR) is 127 cm³/mol. The first kappa shape index (κ1) is 26.0.